The number of anilines is 1. The SMILES string of the molecule is Cc1ccc(C)c(C#Cc2cc(C(=O)N3CCN(c4ccccn4)CC3)ccc2C)c1. The van der Waals surface area contributed by atoms with Crippen LogP contribution in [0.3, 0.4) is 0 Å². The Hall–Kier alpha value is -3.58. The summed E-state index contributed by atoms with van der Waals surface area (Å²) < 4.78 is 0. The second-order valence-corrected chi connectivity index (χ2v) is 8.07. The normalized spacial score (nSPS) is 13.5. The highest BCUT2D eigenvalue weighted by atomic mass is 16.2. The van der Waals surface area contributed by atoms with Gasteiger partial charge in [0.2, 0.25) is 0 Å². The molecule has 3 aromatic rings. The van der Waals surface area contributed by atoms with Gasteiger partial charge in [0, 0.05) is 49.1 Å². The Labute approximate surface area is 184 Å². The van der Waals surface area contributed by atoms with Crippen molar-refractivity contribution >= 4 is 11.7 Å². The third-order valence-corrected chi connectivity index (χ3v) is 5.75. The van der Waals surface area contributed by atoms with Crippen molar-refractivity contribution in [3.63, 3.8) is 0 Å². The molecule has 0 unspecified atom stereocenters. The molecule has 156 valence electrons. The molecule has 0 radical (unpaired) electrons. The molecule has 2 aromatic carbocycles. The summed E-state index contributed by atoms with van der Waals surface area (Å²) in [5.41, 5.74) is 6.06. The predicted molar refractivity (Wildman–Crippen MR) is 125 cm³/mol. The molecule has 4 heteroatoms. The predicted octanol–water partition coefficient (Wildman–Crippen LogP) is 4.37. The molecular weight excluding hydrogens is 382 g/mol. The lowest BCUT2D eigenvalue weighted by Gasteiger charge is -2.35. The number of hydrogen-bond acceptors (Lipinski definition) is 3. The first-order chi connectivity index (χ1) is 15.0. The summed E-state index contributed by atoms with van der Waals surface area (Å²) in [7, 11) is 0. The third-order valence-electron chi connectivity index (χ3n) is 5.75. The number of amides is 1. The summed E-state index contributed by atoms with van der Waals surface area (Å²) in [4.78, 5) is 21.7. The molecule has 1 aliphatic rings. The van der Waals surface area contributed by atoms with Crippen LogP contribution in [0.2, 0.25) is 0 Å². The van der Waals surface area contributed by atoms with Crippen LogP contribution in [-0.4, -0.2) is 42.0 Å². The van der Waals surface area contributed by atoms with Crippen LogP contribution in [0.15, 0.2) is 60.8 Å². The van der Waals surface area contributed by atoms with Crippen molar-refractivity contribution in [2.75, 3.05) is 31.1 Å². The highest BCUT2D eigenvalue weighted by molar-refractivity contribution is 5.95. The van der Waals surface area contributed by atoms with Gasteiger partial charge in [0.05, 0.1) is 0 Å². The van der Waals surface area contributed by atoms with Crippen molar-refractivity contribution in [1.29, 1.82) is 0 Å². The quantitative estimate of drug-likeness (QED) is 0.590. The molecule has 1 aromatic heterocycles. The molecule has 4 rings (SSSR count). The van der Waals surface area contributed by atoms with Crippen LogP contribution in [-0.2, 0) is 0 Å². The van der Waals surface area contributed by atoms with Crippen molar-refractivity contribution in [3.8, 4) is 11.8 Å². The van der Waals surface area contributed by atoms with Gasteiger partial charge in [-0.05, 0) is 67.8 Å². The van der Waals surface area contributed by atoms with Crippen LogP contribution in [0.5, 0.6) is 0 Å². The van der Waals surface area contributed by atoms with Crippen LogP contribution in [0.1, 0.15) is 38.2 Å². The van der Waals surface area contributed by atoms with E-state index in [1.165, 1.54) is 5.56 Å². The van der Waals surface area contributed by atoms with Gasteiger partial charge in [-0.3, -0.25) is 4.79 Å². The number of nitrogens with zero attached hydrogens (tertiary/aromatic N) is 3. The lowest BCUT2D eigenvalue weighted by atomic mass is 10.0. The molecule has 31 heavy (non-hydrogen) atoms. The number of aromatic nitrogens is 1. The molecular formula is C27H27N3O. The number of pyridine rings is 1. The number of rotatable bonds is 2. The summed E-state index contributed by atoms with van der Waals surface area (Å²) in [6, 6.07) is 18.0. The van der Waals surface area contributed by atoms with E-state index in [9.17, 15) is 4.79 Å². The first kappa shape index (κ1) is 20.7. The van der Waals surface area contributed by atoms with E-state index in [2.05, 4.69) is 53.8 Å². The number of aryl methyl sites for hydroxylation is 3. The maximum absolute atomic E-state index is 13.1. The molecule has 0 atom stereocenters. The average molecular weight is 410 g/mol. The number of carbonyl (C=O) groups is 1. The summed E-state index contributed by atoms with van der Waals surface area (Å²) in [5, 5.41) is 0. The van der Waals surface area contributed by atoms with Crippen LogP contribution in [0, 0.1) is 32.6 Å². The molecule has 0 N–H and O–H groups in total. The van der Waals surface area contributed by atoms with E-state index in [1.54, 1.807) is 6.20 Å². The van der Waals surface area contributed by atoms with Crippen molar-refractivity contribution in [2.24, 2.45) is 0 Å². The van der Waals surface area contributed by atoms with Crippen LogP contribution in [0.25, 0.3) is 0 Å². The van der Waals surface area contributed by atoms with Crippen molar-refractivity contribution in [1.82, 2.24) is 9.88 Å². The summed E-state index contributed by atoms with van der Waals surface area (Å²) in [6.07, 6.45) is 1.81. The Morgan fingerprint density at radius 3 is 2.19 bits per heavy atom. The second kappa shape index (κ2) is 9.06. The smallest absolute Gasteiger partial charge is 0.254 e. The fraction of sp³-hybridized carbons (Fsp3) is 0.259. The van der Waals surface area contributed by atoms with Gasteiger partial charge in [0.25, 0.3) is 5.91 Å². The minimum Gasteiger partial charge on any atom is -0.353 e. The highest BCUT2D eigenvalue weighted by Crippen LogP contribution is 2.17. The first-order valence-corrected chi connectivity index (χ1v) is 10.7. The molecule has 0 saturated carbocycles. The molecule has 0 bridgehead atoms. The van der Waals surface area contributed by atoms with Gasteiger partial charge in [-0.15, -0.1) is 0 Å². The largest absolute Gasteiger partial charge is 0.353 e. The topological polar surface area (TPSA) is 36.4 Å². The lowest BCUT2D eigenvalue weighted by molar-refractivity contribution is 0.0746. The zero-order valence-electron chi connectivity index (χ0n) is 18.4. The average Bonchev–Trinajstić information content (AvgIpc) is 2.81. The number of benzene rings is 2. The zero-order chi connectivity index (χ0) is 21.8. The van der Waals surface area contributed by atoms with E-state index in [0.29, 0.717) is 18.7 Å². The molecule has 4 nitrogen and oxygen atoms in total. The Bertz CT molecular complexity index is 1150. The summed E-state index contributed by atoms with van der Waals surface area (Å²) in [6.45, 7) is 9.12. The van der Waals surface area contributed by atoms with E-state index in [1.807, 2.05) is 48.2 Å². The van der Waals surface area contributed by atoms with Gasteiger partial charge in [-0.1, -0.05) is 36.1 Å². The standard InChI is InChI=1S/C27H27N3O/c1-20-7-8-21(2)23(18-20)11-12-24-19-25(10-9-22(24)3)27(31)30-16-14-29(15-17-30)26-6-4-5-13-28-26/h4-10,13,18-19H,14-17H2,1-3H3. The van der Waals surface area contributed by atoms with Gasteiger partial charge in [-0.2, -0.15) is 0 Å². The fourth-order valence-electron chi connectivity index (χ4n) is 3.76. The lowest BCUT2D eigenvalue weighted by Crippen LogP contribution is -2.49. The maximum atomic E-state index is 13.1. The van der Waals surface area contributed by atoms with E-state index < -0.39 is 0 Å². The van der Waals surface area contributed by atoms with E-state index in [4.69, 9.17) is 0 Å². The van der Waals surface area contributed by atoms with Crippen molar-refractivity contribution in [2.45, 2.75) is 20.8 Å². The molecule has 0 aliphatic carbocycles. The Kier molecular flexibility index (Phi) is 6.04. The third kappa shape index (κ3) is 4.78. The molecule has 1 saturated heterocycles. The minimum atomic E-state index is 0.0652. The van der Waals surface area contributed by atoms with Crippen LogP contribution >= 0.6 is 0 Å². The first-order valence-electron chi connectivity index (χ1n) is 10.7. The van der Waals surface area contributed by atoms with Crippen molar-refractivity contribution < 1.29 is 4.79 Å². The zero-order valence-corrected chi connectivity index (χ0v) is 18.4. The number of hydrogen-bond donors (Lipinski definition) is 0. The van der Waals surface area contributed by atoms with Crippen LogP contribution in [0.4, 0.5) is 5.82 Å². The number of carbonyl (C=O) groups excluding carboxylic acids is 1. The Morgan fingerprint density at radius 1 is 0.839 bits per heavy atom. The van der Waals surface area contributed by atoms with Crippen molar-refractivity contribution in [3.05, 3.63) is 94.2 Å². The maximum Gasteiger partial charge on any atom is 0.254 e. The van der Waals surface area contributed by atoms with Gasteiger partial charge < -0.3 is 9.80 Å². The molecule has 1 fully saturated rings. The molecule has 2 heterocycles. The summed E-state index contributed by atoms with van der Waals surface area (Å²) >= 11 is 0. The fourth-order valence-corrected chi connectivity index (χ4v) is 3.76. The van der Waals surface area contributed by atoms with E-state index in [0.717, 1.165) is 41.2 Å². The van der Waals surface area contributed by atoms with Gasteiger partial charge in [0.1, 0.15) is 5.82 Å². The molecule has 1 amide bonds. The molecule has 1 aliphatic heterocycles. The Balaban J connectivity index is 1.49. The highest BCUT2D eigenvalue weighted by Gasteiger charge is 2.23. The Morgan fingerprint density at radius 2 is 1.52 bits per heavy atom. The summed E-state index contributed by atoms with van der Waals surface area (Å²) in [5.74, 6) is 7.61. The van der Waals surface area contributed by atoms with Gasteiger partial charge in [-0.25, -0.2) is 4.98 Å². The second-order valence-electron chi connectivity index (χ2n) is 8.07. The number of piperazine rings is 1. The van der Waals surface area contributed by atoms with Gasteiger partial charge in [0.15, 0.2) is 0 Å². The van der Waals surface area contributed by atoms with Crippen LogP contribution < -0.4 is 4.90 Å². The minimum absolute atomic E-state index is 0.0652. The monoisotopic (exact) mass is 409 g/mol. The van der Waals surface area contributed by atoms with E-state index >= 15 is 0 Å². The molecule has 0 spiro atoms. The van der Waals surface area contributed by atoms with E-state index in [-0.39, 0.29) is 5.91 Å². The van der Waals surface area contributed by atoms with Gasteiger partial charge >= 0.3 is 0 Å².